The van der Waals surface area contributed by atoms with Gasteiger partial charge in [-0.05, 0) is 69.6 Å². The van der Waals surface area contributed by atoms with E-state index in [0.717, 1.165) is 24.5 Å². The molecule has 1 saturated carbocycles. The molecule has 0 bridgehead atoms. The highest BCUT2D eigenvalue weighted by atomic mass is 19.2. The molecule has 2 atom stereocenters. The molecule has 0 aliphatic heterocycles. The van der Waals surface area contributed by atoms with E-state index in [2.05, 4.69) is 0 Å². The molecule has 2 aromatic rings. The van der Waals surface area contributed by atoms with E-state index in [1.807, 2.05) is 49.3 Å². The number of methoxy groups -OCH3 is 1. The van der Waals surface area contributed by atoms with Crippen LogP contribution in [0.25, 0.3) is 6.08 Å². The van der Waals surface area contributed by atoms with Crippen molar-refractivity contribution in [2.24, 2.45) is 5.92 Å². The standard InChI is InChI=1S/C25H30F3NO2/c1-16-23(27)21(14-22(26)24(16)28)25(30)18(7-5-6-8-19(25)15-29(2)3)13-17-9-11-20(31-4)12-10-17/h9-14,19,30H,5-8,15H2,1-4H3. The van der Waals surface area contributed by atoms with Crippen molar-refractivity contribution >= 4 is 6.08 Å². The van der Waals surface area contributed by atoms with Gasteiger partial charge in [0.1, 0.15) is 17.2 Å². The zero-order chi connectivity index (χ0) is 22.8. The number of hydrogen-bond acceptors (Lipinski definition) is 3. The number of aliphatic hydroxyl groups is 1. The van der Waals surface area contributed by atoms with E-state index in [1.165, 1.54) is 6.92 Å². The summed E-state index contributed by atoms with van der Waals surface area (Å²) in [6.07, 6.45) is 4.68. The van der Waals surface area contributed by atoms with Crippen LogP contribution in [-0.2, 0) is 5.60 Å². The zero-order valence-electron chi connectivity index (χ0n) is 18.5. The summed E-state index contributed by atoms with van der Waals surface area (Å²) in [4.78, 5) is 1.93. The molecule has 1 aliphatic rings. The summed E-state index contributed by atoms with van der Waals surface area (Å²) >= 11 is 0. The van der Waals surface area contributed by atoms with Gasteiger partial charge in [-0.2, -0.15) is 0 Å². The number of hydrogen-bond donors (Lipinski definition) is 1. The maximum absolute atomic E-state index is 15.3. The Morgan fingerprint density at radius 3 is 2.42 bits per heavy atom. The second-order valence-electron chi connectivity index (χ2n) is 8.57. The van der Waals surface area contributed by atoms with E-state index < -0.39 is 28.6 Å². The third-order valence-corrected chi connectivity index (χ3v) is 6.16. The van der Waals surface area contributed by atoms with Crippen LogP contribution in [0.5, 0.6) is 5.75 Å². The minimum Gasteiger partial charge on any atom is -0.497 e. The molecule has 6 heteroatoms. The molecule has 0 heterocycles. The Balaban J connectivity index is 2.23. The number of ether oxygens (including phenoxy) is 1. The Kier molecular flexibility index (Phi) is 7.12. The summed E-state index contributed by atoms with van der Waals surface area (Å²) in [7, 11) is 5.34. The average Bonchev–Trinajstić information content (AvgIpc) is 2.89. The van der Waals surface area contributed by atoms with Gasteiger partial charge in [0.2, 0.25) is 0 Å². The molecule has 0 saturated heterocycles. The Bertz CT molecular complexity index is 956. The van der Waals surface area contributed by atoms with Crippen LogP contribution in [0.2, 0.25) is 0 Å². The molecule has 2 aromatic carbocycles. The van der Waals surface area contributed by atoms with E-state index in [1.54, 1.807) is 7.11 Å². The van der Waals surface area contributed by atoms with E-state index in [9.17, 15) is 13.9 Å². The molecule has 168 valence electrons. The third-order valence-electron chi connectivity index (χ3n) is 6.16. The minimum absolute atomic E-state index is 0.197. The minimum atomic E-state index is -1.76. The Hall–Kier alpha value is -2.31. The lowest BCUT2D eigenvalue weighted by Crippen LogP contribution is -2.42. The van der Waals surface area contributed by atoms with Gasteiger partial charge in [-0.3, -0.25) is 0 Å². The number of nitrogens with zero attached hydrogens (tertiary/aromatic N) is 1. The van der Waals surface area contributed by atoms with E-state index in [4.69, 9.17) is 4.74 Å². The van der Waals surface area contributed by atoms with Crippen LogP contribution < -0.4 is 4.74 Å². The van der Waals surface area contributed by atoms with Crippen LogP contribution in [0.4, 0.5) is 13.2 Å². The first-order chi connectivity index (χ1) is 14.7. The van der Waals surface area contributed by atoms with Gasteiger partial charge in [-0.25, -0.2) is 13.2 Å². The van der Waals surface area contributed by atoms with Crippen LogP contribution in [0.15, 0.2) is 35.9 Å². The monoisotopic (exact) mass is 433 g/mol. The normalized spacial score (nSPS) is 23.3. The van der Waals surface area contributed by atoms with Crippen LogP contribution >= 0.6 is 0 Å². The molecule has 0 amide bonds. The fourth-order valence-corrected chi connectivity index (χ4v) is 4.52. The number of halogens is 3. The Morgan fingerprint density at radius 2 is 1.81 bits per heavy atom. The highest BCUT2D eigenvalue weighted by molar-refractivity contribution is 5.58. The van der Waals surface area contributed by atoms with Crippen molar-refractivity contribution in [3.05, 3.63) is 70.0 Å². The second-order valence-corrected chi connectivity index (χ2v) is 8.57. The summed E-state index contributed by atoms with van der Waals surface area (Å²) in [6.45, 7) is 1.68. The van der Waals surface area contributed by atoms with Gasteiger partial charge in [0.25, 0.3) is 0 Å². The first-order valence-electron chi connectivity index (χ1n) is 10.5. The van der Waals surface area contributed by atoms with Crippen molar-refractivity contribution in [3.63, 3.8) is 0 Å². The maximum atomic E-state index is 15.3. The largest absolute Gasteiger partial charge is 0.497 e. The van der Waals surface area contributed by atoms with Crippen molar-refractivity contribution < 1.29 is 23.0 Å². The van der Waals surface area contributed by atoms with Crippen LogP contribution in [0.3, 0.4) is 0 Å². The predicted molar refractivity (Wildman–Crippen MR) is 116 cm³/mol. The lowest BCUT2D eigenvalue weighted by Gasteiger charge is -2.39. The molecule has 31 heavy (non-hydrogen) atoms. The molecule has 1 fully saturated rings. The number of rotatable bonds is 5. The van der Waals surface area contributed by atoms with Crippen molar-refractivity contribution in [2.75, 3.05) is 27.7 Å². The van der Waals surface area contributed by atoms with Crippen molar-refractivity contribution in [1.82, 2.24) is 4.90 Å². The van der Waals surface area contributed by atoms with Gasteiger partial charge in [-0.15, -0.1) is 0 Å². The number of benzene rings is 2. The summed E-state index contributed by atoms with van der Waals surface area (Å²) in [6, 6.07) is 8.15. The van der Waals surface area contributed by atoms with E-state index >= 15 is 4.39 Å². The van der Waals surface area contributed by atoms with Crippen molar-refractivity contribution in [2.45, 2.75) is 38.2 Å². The van der Waals surface area contributed by atoms with Gasteiger partial charge >= 0.3 is 0 Å². The fraction of sp³-hybridized carbons (Fsp3) is 0.440. The van der Waals surface area contributed by atoms with Gasteiger partial charge < -0.3 is 14.7 Å². The maximum Gasteiger partial charge on any atom is 0.164 e. The quantitative estimate of drug-likeness (QED) is 0.503. The topological polar surface area (TPSA) is 32.7 Å². The lowest BCUT2D eigenvalue weighted by atomic mass is 9.73. The van der Waals surface area contributed by atoms with Gasteiger partial charge in [-0.1, -0.05) is 24.6 Å². The smallest absolute Gasteiger partial charge is 0.164 e. The Morgan fingerprint density at radius 1 is 1.13 bits per heavy atom. The van der Waals surface area contributed by atoms with Gasteiger partial charge in [0.15, 0.2) is 11.6 Å². The molecular formula is C25H30F3NO2. The van der Waals surface area contributed by atoms with Gasteiger partial charge in [0.05, 0.1) is 7.11 Å². The van der Waals surface area contributed by atoms with Crippen LogP contribution in [0, 0.1) is 30.3 Å². The summed E-state index contributed by atoms with van der Waals surface area (Å²) in [5, 5.41) is 12.1. The second kappa shape index (κ2) is 9.45. The summed E-state index contributed by atoms with van der Waals surface area (Å²) < 4.78 is 48.9. The first kappa shape index (κ1) is 23.4. The van der Waals surface area contributed by atoms with Crippen molar-refractivity contribution in [3.8, 4) is 5.75 Å². The molecule has 3 rings (SSSR count). The predicted octanol–water partition coefficient (Wildman–Crippen LogP) is 5.44. The molecule has 1 N–H and O–H groups in total. The molecular weight excluding hydrogens is 403 g/mol. The molecule has 2 unspecified atom stereocenters. The average molecular weight is 434 g/mol. The molecule has 0 aromatic heterocycles. The van der Waals surface area contributed by atoms with Crippen LogP contribution in [0.1, 0.15) is 42.4 Å². The molecule has 0 spiro atoms. The first-order valence-corrected chi connectivity index (χ1v) is 10.5. The van der Waals surface area contributed by atoms with Crippen molar-refractivity contribution in [1.29, 1.82) is 0 Å². The fourth-order valence-electron chi connectivity index (χ4n) is 4.52. The summed E-state index contributed by atoms with van der Waals surface area (Å²) in [5.41, 5.74) is -0.951. The Labute approximate surface area is 182 Å². The summed E-state index contributed by atoms with van der Waals surface area (Å²) in [5.74, 6) is -2.95. The molecule has 0 radical (unpaired) electrons. The third kappa shape index (κ3) is 4.65. The highest BCUT2D eigenvalue weighted by Crippen LogP contribution is 2.47. The molecule has 3 nitrogen and oxygen atoms in total. The van der Waals surface area contributed by atoms with Gasteiger partial charge in [0, 0.05) is 23.6 Å². The lowest BCUT2D eigenvalue weighted by molar-refractivity contribution is -0.00292. The SMILES string of the molecule is COc1ccc(C=C2CCCCC(CN(C)C)C2(O)c2cc(F)c(F)c(C)c2F)cc1. The molecule has 1 aliphatic carbocycles. The zero-order valence-corrected chi connectivity index (χ0v) is 18.5. The highest BCUT2D eigenvalue weighted by Gasteiger charge is 2.45. The van der Waals surface area contributed by atoms with Crippen LogP contribution in [-0.4, -0.2) is 37.8 Å². The van der Waals surface area contributed by atoms with E-state index in [0.29, 0.717) is 30.7 Å². The van der Waals surface area contributed by atoms with E-state index in [-0.39, 0.29) is 11.5 Å².